The fraction of sp³-hybridized carbons (Fsp3) is 0.562. The molecule has 20 heavy (non-hydrogen) atoms. The average molecular weight is 274 g/mol. The van der Waals surface area contributed by atoms with E-state index in [1.54, 1.807) is 12.1 Å². The zero-order valence-corrected chi connectivity index (χ0v) is 12.7. The summed E-state index contributed by atoms with van der Waals surface area (Å²) in [6, 6.07) is 9.13. The van der Waals surface area contributed by atoms with Crippen molar-refractivity contribution in [2.45, 2.75) is 51.3 Å². The summed E-state index contributed by atoms with van der Waals surface area (Å²) in [6.07, 6.45) is 1.01. The minimum absolute atomic E-state index is 0.0567. The van der Waals surface area contributed by atoms with Crippen molar-refractivity contribution in [1.29, 1.82) is 0 Å². The topological polar surface area (TPSA) is 35.5 Å². The van der Waals surface area contributed by atoms with Gasteiger partial charge in [0.25, 0.3) is 0 Å². The Hall–Kier alpha value is -1.29. The van der Waals surface area contributed by atoms with Crippen LogP contribution in [-0.2, 0) is 9.47 Å². The van der Waals surface area contributed by atoms with E-state index >= 15 is 0 Å². The summed E-state index contributed by atoms with van der Waals surface area (Å²) in [4.78, 5) is 12.2. The van der Waals surface area contributed by atoms with E-state index in [9.17, 15) is 4.79 Å². The molecule has 1 fully saturated rings. The number of carbonyl (C=O) groups is 1. The van der Waals surface area contributed by atoms with Crippen LogP contribution in [0.5, 0.6) is 0 Å². The summed E-state index contributed by atoms with van der Waals surface area (Å²) < 4.78 is 11.7. The molecule has 0 radical (unpaired) electrons. The molecule has 1 saturated heterocycles. The third-order valence-electron chi connectivity index (χ3n) is 4.44. The molecule has 1 heterocycles. The average Bonchev–Trinajstić information content (AvgIpc) is 2.48. The van der Waals surface area contributed by atoms with Crippen molar-refractivity contribution in [2.24, 2.45) is 5.92 Å². The normalized spacial score (nSPS) is 33.6. The lowest BCUT2D eigenvalue weighted by Crippen LogP contribution is -2.48. The van der Waals surface area contributed by atoms with E-state index in [-0.39, 0.29) is 24.3 Å². The molecule has 2 rings (SSSR count). The maximum Gasteiger partial charge on any atom is 0.338 e. The Balaban J connectivity index is 2.07. The van der Waals surface area contributed by atoms with Crippen LogP contribution in [0.25, 0.3) is 0 Å². The number of benzene rings is 1. The number of hydrogen-bond acceptors (Lipinski definition) is 3. The zero-order valence-electron chi connectivity index (χ0n) is 12.7. The lowest BCUT2D eigenvalue weighted by Gasteiger charge is -2.43. The van der Waals surface area contributed by atoms with Crippen LogP contribution in [0.4, 0.5) is 0 Å². The zero-order chi connectivity index (χ0) is 14.7. The van der Waals surface area contributed by atoms with Crippen LogP contribution in [0.1, 0.15) is 37.6 Å². The highest BCUT2D eigenvalue weighted by atomic mass is 16.6. The van der Waals surface area contributed by atoms with Gasteiger partial charge in [0.1, 0.15) is 14.0 Å². The Morgan fingerprint density at radius 3 is 2.55 bits per heavy atom. The molecule has 108 valence electrons. The van der Waals surface area contributed by atoms with Crippen LogP contribution in [0.15, 0.2) is 30.3 Å². The first-order valence-corrected chi connectivity index (χ1v) is 7.46. The predicted octanol–water partition coefficient (Wildman–Crippen LogP) is 2.47. The van der Waals surface area contributed by atoms with Gasteiger partial charge < -0.3 is 9.47 Å². The van der Waals surface area contributed by atoms with Crippen molar-refractivity contribution < 1.29 is 14.3 Å². The van der Waals surface area contributed by atoms with E-state index in [0.717, 1.165) is 6.42 Å². The van der Waals surface area contributed by atoms with Crippen molar-refractivity contribution in [3.8, 4) is 0 Å². The number of esters is 1. The van der Waals surface area contributed by atoms with Gasteiger partial charge >= 0.3 is 5.97 Å². The number of rotatable bonds is 3. The molecule has 0 bridgehead atoms. The Morgan fingerprint density at radius 1 is 1.30 bits per heavy atom. The van der Waals surface area contributed by atoms with E-state index in [2.05, 4.69) is 21.7 Å². The van der Waals surface area contributed by atoms with E-state index in [1.807, 2.05) is 25.1 Å². The quantitative estimate of drug-likeness (QED) is 0.627. The van der Waals surface area contributed by atoms with Crippen LogP contribution in [0.3, 0.4) is 0 Å². The lowest BCUT2D eigenvalue weighted by molar-refractivity contribution is -0.136. The number of hydrogen-bond donors (Lipinski definition) is 0. The molecular weight excluding hydrogens is 251 g/mol. The summed E-state index contributed by atoms with van der Waals surface area (Å²) in [5, 5.41) is 0. The smallest absolute Gasteiger partial charge is 0.338 e. The molecule has 1 aliphatic heterocycles. The third-order valence-corrected chi connectivity index (χ3v) is 4.44. The van der Waals surface area contributed by atoms with E-state index in [4.69, 9.17) is 9.47 Å². The summed E-state index contributed by atoms with van der Waals surface area (Å²) in [6.45, 7) is 6.30. The molecule has 0 N–H and O–H groups in total. The van der Waals surface area contributed by atoms with Gasteiger partial charge in [-0.25, -0.2) is 4.79 Å². The van der Waals surface area contributed by atoms with Gasteiger partial charge in [0.15, 0.2) is 0 Å². The van der Waals surface area contributed by atoms with Gasteiger partial charge in [-0.05, 0) is 37.2 Å². The second-order valence-corrected chi connectivity index (χ2v) is 5.74. The summed E-state index contributed by atoms with van der Waals surface area (Å²) in [7, 11) is 2.15. The van der Waals surface area contributed by atoms with Crippen molar-refractivity contribution in [2.75, 3.05) is 0 Å². The second kappa shape index (κ2) is 6.44. The van der Waals surface area contributed by atoms with Gasteiger partial charge in [-0.15, -0.1) is 0 Å². The Kier molecular flexibility index (Phi) is 4.87. The second-order valence-electron chi connectivity index (χ2n) is 5.74. The van der Waals surface area contributed by atoms with Crippen molar-refractivity contribution in [3.63, 3.8) is 0 Å². The molecule has 0 aliphatic carbocycles. The molecule has 5 atom stereocenters. The maximum atomic E-state index is 12.2. The van der Waals surface area contributed by atoms with Gasteiger partial charge in [-0.1, -0.05) is 32.0 Å². The lowest BCUT2D eigenvalue weighted by atomic mass is 9.68. The van der Waals surface area contributed by atoms with Gasteiger partial charge in [0.05, 0.1) is 17.8 Å². The van der Waals surface area contributed by atoms with Gasteiger partial charge in [0, 0.05) is 0 Å². The molecule has 0 saturated carbocycles. The predicted molar refractivity (Wildman–Crippen MR) is 81.7 cm³/mol. The molecule has 2 unspecified atom stereocenters. The Morgan fingerprint density at radius 2 is 1.95 bits per heavy atom. The fourth-order valence-corrected chi connectivity index (χ4v) is 2.98. The van der Waals surface area contributed by atoms with Crippen molar-refractivity contribution in [3.05, 3.63) is 35.9 Å². The van der Waals surface area contributed by atoms with Crippen molar-refractivity contribution >= 4 is 13.8 Å². The van der Waals surface area contributed by atoms with Crippen LogP contribution in [-0.4, -0.2) is 32.1 Å². The maximum absolute atomic E-state index is 12.2. The summed E-state index contributed by atoms with van der Waals surface area (Å²) in [5.41, 5.74) is 0.595. The molecular formula is C16H23BO3. The Bertz CT molecular complexity index is 448. The van der Waals surface area contributed by atoms with Crippen LogP contribution in [0, 0.1) is 5.92 Å². The molecule has 3 nitrogen and oxygen atoms in total. The van der Waals surface area contributed by atoms with E-state index in [0.29, 0.717) is 17.3 Å². The summed E-state index contributed by atoms with van der Waals surface area (Å²) in [5.74, 6) is 0.432. The largest absolute Gasteiger partial charge is 0.456 e. The first-order valence-electron chi connectivity index (χ1n) is 7.46. The van der Waals surface area contributed by atoms with Crippen LogP contribution >= 0.6 is 0 Å². The first-order chi connectivity index (χ1) is 9.54. The number of ether oxygens (including phenoxy) is 2. The molecule has 0 amide bonds. The molecule has 0 spiro atoms. The highest BCUT2D eigenvalue weighted by molar-refractivity contribution is 6.12. The highest BCUT2D eigenvalue weighted by Crippen LogP contribution is 2.36. The molecule has 0 aromatic heterocycles. The molecule has 1 aliphatic rings. The standard InChI is InChI=1S/C16H23BO3/c1-4-13-10(2)14(17)15(11(3)19-13)20-16(18)12-8-6-5-7-9-12/h5-11,13-15H,4,17H2,1-3H3/t10-,11-,13?,14-,15?/m1/s1. The highest BCUT2D eigenvalue weighted by Gasteiger charge is 2.40. The van der Waals surface area contributed by atoms with Gasteiger partial charge in [0.2, 0.25) is 0 Å². The SMILES string of the molecule is B[C@H]1C(OC(=O)c2ccccc2)[C@@H](C)OC(CC)[C@H]1C. The van der Waals surface area contributed by atoms with Crippen molar-refractivity contribution in [1.82, 2.24) is 0 Å². The molecule has 1 aromatic carbocycles. The minimum Gasteiger partial charge on any atom is -0.456 e. The third kappa shape index (κ3) is 3.06. The Labute approximate surface area is 122 Å². The molecule has 4 heteroatoms. The monoisotopic (exact) mass is 274 g/mol. The number of carbonyl (C=O) groups excluding carboxylic acids is 1. The van der Waals surface area contributed by atoms with Gasteiger partial charge in [-0.3, -0.25) is 0 Å². The summed E-state index contributed by atoms with van der Waals surface area (Å²) >= 11 is 0. The minimum atomic E-state index is -0.264. The van der Waals surface area contributed by atoms with Crippen LogP contribution < -0.4 is 0 Å². The van der Waals surface area contributed by atoms with Crippen LogP contribution in [0.2, 0.25) is 5.82 Å². The fourth-order valence-electron chi connectivity index (χ4n) is 2.98. The van der Waals surface area contributed by atoms with E-state index < -0.39 is 0 Å². The van der Waals surface area contributed by atoms with E-state index in [1.165, 1.54) is 0 Å². The molecule has 1 aromatic rings. The first kappa shape index (κ1) is 15.1. The van der Waals surface area contributed by atoms with Gasteiger partial charge in [-0.2, -0.15) is 0 Å².